The van der Waals surface area contributed by atoms with Gasteiger partial charge in [0.15, 0.2) is 6.10 Å². The van der Waals surface area contributed by atoms with Gasteiger partial charge >= 0.3 is 12.1 Å². The summed E-state index contributed by atoms with van der Waals surface area (Å²) in [6.45, 7) is 4.57. The Labute approximate surface area is 326 Å². The molecule has 0 saturated carbocycles. The smallest absolute Gasteiger partial charge is 0.407 e. The molecule has 11 heteroatoms. The molecule has 0 heterocycles. The molecule has 0 bridgehead atoms. The number of likely N-dealkylation sites (N-methyl/N-ethyl adjacent to an activating group) is 1. The van der Waals surface area contributed by atoms with E-state index in [1.807, 2.05) is 21.1 Å². The Morgan fingerprint density at radius 1 is 0.642 bits per heavy atom. The van der Waals surface area contributed by atoms with Crippen LogP contribution >= 0.6 is 7.82 Å². The fourth-order valence-electron chi connectivity index (χ4n) is 5.88. The number of esters is 1. The van der Waals surface area contributed by atoms with Crippen molar-refractivity contribution in [3.8, 4) is 0 Å². The molecule has 0 aliphatic heterocycles. The predicted molar refractivity (Wildman–Crippen MR) is 217 cm³/mol. The lowest BCUT2D eigenvalue weighted by molar-refractivity contribution is -0.870. The second-order valence-electron chi connectivity index (χ2n) is 15.8. The minimum atomic E-state index is -4.64. The summed E-state index contributed by atoms with van der Waals surface area (Å²) in [4.78, 5) is 37.3. The molecule has 1 N–H and O–H groups in total. The number of hydrogen-bond acceptors (Lipinski definition) is 8. The summed E-state index contributed by atoms with van der Waals surface area (Å²) in [6.07, 6.45) is 34.4. The molecule has 0 aliphatic carbocycles. The Morgan fingerprint density at radius 2 is 1.09 bits per heavy atom. The van der Waals surface area contributed by atoms with E-state index in [0.29, 0.717) is 17.6 Å². The van der Waals surface area contributed by atoms with E-state index in [0.717, 1.165) is 38.5 Å². The number of rotatable bonds is 39. The van der Waals surface area contributed by atoms with E-state index in [1.54, 1.807) is 0 Å². The van der Waals surface area contributed by atoms with Gasteiger partial charge in [-0.05, 0) is 38.5 Å². The van der Waals surface area contributed by atoms with Gasteiger partial charge in [-0.25, -0.2) is 4.79 Å². The lowest BCUT2D eigenvalue weighted by Crippen LogP contribution is -2.38. The van der Waals surface area contributed by atoms with E-state index >= 15 is 0 Å². The fraction of sp³-hybridized carbons (Fsp3) is 0.905. The molecular formula is C42H83N2O8P. The third-order valence-electron chi connectivity index (χ3n) is 9.33. The highest BCUT2D eigenvalue weighted by molar-refractivity contribution is 7.45. The zero-order valence-corrected chi connectivity index (χ0v) is 35.9. The molecule has 1 amide bonds. The zero-order chi connectivity index (χ0) is 39.3. The van der Waals surface area contributed by atoms with E-state index < -0.39 is 32.6 Å². The Morgan fingerprint density at radius 3 is 1.60 bits per heavy atom. The van der Waals surface area contributed by atoms with Crippen LogP contribution in [0.15, 0.2) is 12.2 Å². The van der Waals surface area contributed by atoms with Gasteiger partial charge in [-0.15, -0.1) is 0 Å². The van der Waals surface area contributed by atoms with Crippen LogP contribution in [-0.4, -0.2) is 76.7 Å². The fourth-order valence-corrected chi connectivity index (χ4v) is 6.61. The van der Waals surface area contributed by atoms with Crippen molar-refractivity contribution in [1.29, 1.82) is 0 Å². The second-order valence-corrected chi connectivity index (χ2v) is 17.2. The normalized spacial score (nSPS) is 13.6. The number of allylic oxidation sites excluding steroid dienone is 2. The van der Waals surface area contributed by atoms with Crippen LogP contribution < -0.4 is 10.2 Å². The van der Waals surface area contributed by atoms with Crippen LogP contribution in [0.4, 0.5) is 4.79 Å². The minimum Gasteiger partial charge on any atom is -0.756 e. The van der Waals surface area contributed by atoms with Crippen LogP contribution in [-0.2, 0) is 27.9 Å². The first-order valence-corrected chi connectivity index (χ1v) is 23.1. The molecule has 0 aromatic rings. The van der Waals surface area contributed by atoms with Crippen molar-refractivity contribution >= 4 is 19.9 Å². The highest BCUT2D eigenvalue weighted by Crippen LogP contribution is 2.38. The molecule has 0 spiro atoms. The number of carbonyl (C=O) groups excluding carboxylic acids is 2. The number of nitrogens with zero attached hydrogens (tertiary/aromatic N) is 1. The topological polar surface area (TPSA) is 123 Å². The van der Waals surface area contributed by atoms with E-state index in [9.17, 15) is 19.0 Å². The standard InChI is InChI=1S/C42H83N2O8P/c1-6-8-10-12-14-16-18-20-21-23-25-27-29-31-33-35-43-42(46)52-40(39-51-53(47,48)50-37-36-44(3,4)5)38-49-41(45)34-32-30-28-26-24-22-19-17-15-13-11-9-7-2/h16,18,40H,6-15,17,19-39H2,1-5H3,(H-,43,46,47,48)/b18-16-/t40-/m1/s1. The number of unbranched alkanes of at least 4 members (excludes halogenated alkanes) is 23. The number of phosphoric ester groups is 1. The van der Waals surface area contributed by atoms with Gasteiger partial charge in [0.2, 0.25) is 0 Å². The van der Waals surface area contributed by atoms with Crippen molar-refractivity contribution in [2.45, 2.75) is 193 Å². The molecule has 314 valence electrons. The minimum absolute atomic E-state index is 0.0407. The van der Waals surface area contributed by atoms with Gasteiger partial charge in [-0.1, -0.05) is 154 Å². The molecule has 0 saturated heterocycles. The third-order valence-corrected chi connectivity index (χ3v) is 10.3. The van der Waals surface area contributed by atoms with E-state index in [4.69, 9.17) is 18.5 Å². The van der Waals surface area contributed by atoms with Crippen molar-refractivity contribution in [3.05, 3.63) is 12.2 Å². The van der Waals surface area contributed by atoms with Crippen LogP contribution in [0.5, 0.6) is 0 Å². The molecule has 0 aromatic carbocycles. The van der Waals surface area contributed by atoms with Crippen LogP contribution in [0, 0.1) is 0 Å². The molecule has 53 heavy (non-hydrogen) atoms. The summed E-state index contributed by atoms with van der Waals surface area (Å²) in [7, 11) is 1.13. The maximum Gasteiger partial charge on any atom is 0.407 e. The summed E-state index contributed by atoms with van der Waals surface area (Å²) in [6, 6.07) is 0. The Hall–Kier alpha value is -1.45. The zero-order valence-electron chi connectivity index (χ0n) is 35.0. The number of nitrogens with one attached hydrogen (secondary N) is 1. The van der Waals surface area contributed by atoms with Gasteiger partial charge in [0.25, 0.3) is 7.82 Å². The number of quaternary nitrogens is 1. The number of amides is 1. The maximum atomic E-state index is 12.5. The summed E-state index contributed by atoms with van der Waals surface area (Å²) >= 11 is 0. The van der Waals surface area contributed by atoms with Crippen LogP contribution in [0.2, 0.25) is 0 Å². The molecule has 1 unspecified atom stereocenters. The predicted octanol–water partition coefficient (Wildman–Crippen LogP) is 11.0. The van der Waals surface area contributed by atoms with Crippen molar-refractivity contribution in [1.82, 2.24) is 5.32 Å². The number of ether oxygens (including phenoxy) is 2. The van der Waals surface area contributed by atoms with Gasteiger partial charge in [0, 0.05) is 13.0 Å². The summed E-state index contributed by atoms with van der Waals surface area (Å²) in [5.41, 5.74) is 0. The van der Waals surface area contributed by atoms with E-state index in [2.05, 4.69) is 31.3 Å². The SMILES string of the molecule is CCCCCC/C=C\CCCCCCCCCNC(=O)O[C@H](COC(=O)CCCCCCCCCCCCCCC)COP(=O)([O-])OCC[N+](C)(C)C. The molecule has 0 aromatic heterocycles. The second kappa shape index (κ2) is 36.2. The van der Waals surface area contributed by atoms with Gasteiger partial charge < -0.3 is 33.2 Å². The van der Waals surface area contributed by atoms with Crippen molar-refractivity contribution < 1.29 is 42.1 Å². The summed E-state index contributed by atoms with van der Waals surface area (Å²) in [5, 5.41) is 2.73. The molecule has 10 nitrogen and oxygen atoms in total. The average Bonchev–Trinajstić information content (AvgIpc) is 3.10. The first kappa shape index (κ1) is 51.5. The van der Waals surface area contributed by atoms with Crippen LogP contribution in [0.25, 0.3) is 0 Å². The summed E-state index contributed by atoms with van der Waals surface area (Å²) < 4.78 is 33.7. The molecule has 0 radical (unpaired) electrons. The summed E-state index contributed by atoms with van der Waals surface area (Å²) in [5.74, 6) is -0.402. The van der Waals surface area contributed by atoms with Gasteiger partial charge in [0.1, 0.15) is 19.8 Å². The molecular weight excluding hydrogens is 691 g/mol. The maximum absolute atomic E-state index is 12.5. The Balaban J connectivity index is 4.34. The average molecular weight is 775 g/mol. The first-order chi connectivity index (χ1) is 25.5. The largest absolute Gasteiger partial charge is 0.756 e. The van der Waals surface area contributed by atoms with Crippen LogP contribution in [0.3, 0.4) is 0 Å². The molecule has 0 fully saturated rings. The van der Waals surface area contributed by atoms with Crippen molar-refractivity contribution in [2.24, 2.45) is 0 Å². The van der Waals surface area contributed by atoms with Gasteiger partial charge in [-0.3, -0.25) is 9.36 Å². The quantitative estimate of drug-likeness (QED) is 0.0215. The molecule has 0 rings (SSSR count). The van der Waals surface area contributed by atoms with E-state index in [-0.39, 0.29) is 19.6 Å². The van der Waals surface area contributed by atoms with Crippen LogP contribution in [0.1, 0.15) is 187 Å². The number of phosphoric acid groups is 1. The van der Waals surface area contributed by atoms with E-state index in [1.165, 1.54) is 128 Å². The lowest BCUT2D eigenvalue weighted by Gasteiger charge is -2.28. The first-order valence-electron chi connectivity index (χ1n) is 21.6. The Kier molecular flexibility index (Phi) is 35.2. The van der Waals surface area contributed by atoms with Gasteiger partial charge in [0.05, 0.1) is 27.7 Å². The lowest BCUT2D eigenvalue weighted by atomic mass is 10.0. The highest BCUT2D eigenvalue weighted by atomic mass is 31.2. The van der Waals surface area contributed by atoms with Gasteiger partial charge in [-0.2, -0.15) is 0 Å². The third kappa shape index (κ3) is 40.0. The monoisotopic (exact) mass is 775 g/mol. The molecule has 0 aliphatic rings. The highest BCUT2D eigenvalue weighted by Gasteiger charge is 2.21. The number of alkyl carbamates (subject to hydrolysis) is 1. The van der Waals surface area contributed by atoms with Crippen molar-refractivity contribution in [3.63, 3.8) is 0 Å². The Bertz CT molecular complexity index is 927. The number of hydrogen-bond donors (Lipinski definition) is 1. The molecule has 2 atom stereocenters. The van der Waals surface area contributed by atoms with Crippen molar-refractivity contribution in [2.75, 3.05) is 54.1 Å². The number of carbonyl (C=O) groups is 2.